The second kappa shape index (κ2) is 5.57. The summed E-state index contributed by atoms with van der Waals surface area (Å²) in [4.78, 5) is 18.4. The second-order valence-corrected chi connectivity index (χ2v) is 6.16. The molecular weight excluding hydrogens is 288 g/mol. The maximum atomic E-state index is 12.9. The number of aromatic amines is 1. The van der Waals surface area contributed by atoms with Crippen molar-refractivity contribution in [3.8, 4) is 0 Å². The number of aromatic nitrogens is 3. The fourth-order valence-corrected chi connectivity index (χ4v) is 3.50. The van der Waals surface area contributed by atoms with Crippen LogP contribution in [0.4, 0.5) is 0 Å². The Morgan fingerprint density at radius 1 is 1.26 bits per heavy atom. The minimum absolute atomic E-state index is 0.0633. The normalized spacial score (nSPS) is 18.5. The molecule has 0 aliphatic carbocycles. The number of para-hydroxylation sites is 1. The molecule has 0 radical (unpaired) electrons. The third-order valence-corrected chi connectivity index (χ3v) is 4.71. The summed E-state index contributed by atoms with van der Waals surface area (Å²) < 4.78 is 1.65. The molecule has 23 heavy (non-hydrogen) atoms. The van der Waals surface area contributed by atoms with E-state index in [0.29, 0.717) is 5.69 Å². The van der Waals surface area contributed by atoms with Crippen molar-refractivity contribution in [1.29, 1.82) is 0 Å². The van der Waals surface area contributed by atoms with Crippen molar-refractivity contribution in [2.45, 2.75) is 25.3 Å². The molecular formula is C18H20N4O. The monoisotopic (exact) mass is 308 g/mol. The number of piperidine rings is 1. The van der Waals surface area contributed by atoms with Crippen LogP contribution in [0.25, 0.3) is 10.9 Å². The van der Waals surface area contributed by atoms with Gasteiger partial charge in [0, 0.05) is 31.0 Å². The molecule has 4 rings (SSSR count). The van der Waals surface area contributed by atoms with E-state index in [-0.39, 0.29) is 11.9 Å². The number of carbonyl (C=O) groups excluding carboxylic acids is 1. The van der Waals surface area contributed by atoms with Crippen LogP contribution in [0.15, 0.2) is 42.6 Å². The molecule has 0 spiro atoms. The van der Waals surface area contributed by atoms with Crippen molar-refractivity contribution in [2.75, 3.05) is 6.54 Å². The average Bonchev–Trinajstić information content (AvgIpc) is 3.20. The first-order chi connectivity index (χ1) is 11.2. The highest BCUT2D eigenvalue weighted by Gasteiger charge is 2.30. The standard InChI is InChI=1S/C18H20N4O/c1-21-17(9-10-19-21)18(23)22-11-5-4-8-16(22)15-12-13-6-2-3-7-14(13)20-15/h2-3,6-7,9-10,12,16,20H,4-5,8,11H2,1H3. The predicted octanol–water partition coefficient (Wildman–Crippen LogP) is 3.27. The van der Waals surface area contributed by atoms with Gasteiger partial charge in [-0.1, -0.05) is 18.2 Å². The van der Waals surface area contributed by atoms with Crippen molar-refractivity contribution in [1.82, 2.24) is 19.7 Å². The van der Waals surface area contributed by atoms with Crippen LogP contribution in [-0.4, -0.2) is 32.1 Å². The maximum Gasteiger partial charge on any atom is 0.272 e. The lowest BCUT2D eigenvalue weighted by molar-refractivity contribution is 0.0595. The van der Waals surface area contributed by atoms with Crippen molar-refractivity contribution in [3.05, 3.63) is 54.0 Å². The Hall–Kier alpha value is -2.56. The van der Waals surface area contributed by atoms with Crippen LogP contribution in [-0.2, 0) is 7.05 Å². The van der Waals surface area contributed by atoms with Crippen LogP contribution in [0.2, 0.25) is 0 Å². The van der Waals surface area contributed by atoms with E-state index in [4.69, 9.17) is 0 Å². The Kier molecular flexibility index (Phi) is 3.41. The Morgan fingerprint density at radius 2 is 2.13 bits per heavy atom. The number of hydrogen-bond donors (Lipinski definition) is 1. The molecule has 0 saturated carbocycles. The van der Waals surface area contributed by atoms with Gasteiger partial charge in [-0.15, -0.1) is 0 Å². The molecule has 1 fully saturated rings. The van der Waals surface area contributed by atoms with Crippen LogP contribution in [0.1, 0.15) is 41.5 Å². The summed E-state index contributed by atoms with van der Waals surface area (Å²) in [5.74, 6) is 0.0633. The molecule has 1 amide bonds. The smallest absolute Gasteiger partial charge is 0.272 e. The molecule has 1 unspecified atom stereocenters. The lowest BCUT2D eigenvalue weighted by Crippen LogP contribution is -2.39. The maximum absolute atomic E-state index is 12.9. The van der Waals surface area contributed by atoms with Gasteiger partial charge in [0.15, 0.2) is 0 Å². The van der Waals surface area contributed by atoms with E-state index in [9.17, 15) is 4.79 Å². The molecule has 1 N–H and O–H groups in total. The van der Waals surface area contributed by atoms with Gasteiger partial charge in [-0.05, 0) is 42.8 Å². The second-order valence-electron chi connectivity index (χ2n) is 6.16. The van der Waals surface area contributed by atoms with Crippen molar-refractivity contribution >= 4 is 16.8 Å². The molecule has 1 aromatic carbocycles. The topological polar surface area (TPSA) is 53.9 Å². The van der Waals surface area contributed by atoms with Gasteiger partial charge in [0.05, 0.1) is 6.04 Å². The number of H-pyrrole nitrogens is 1. The van der Waals surface area contributed by atoms with E-state index in [0.717, 1.165) is 37.0 Å². The third-order valence-electron chi connectivity index (χ3n) is 4.71. The van der Waals surface area contributed by atoms with E-state index in [2.05, 4.69) is 28.3 Å². The van der Waals surface area contributed by atoms with Gasteiger partial charge >= 0.3 is 0 Å². The summed E-state index contributed by atoms with van der Waals surface area (Å²) in [7, 11) is 1.81. The Balaban J connectivity index is 1.70. The molecule has 3 aromatic rings. The predicted molar refractivity (Wildman–Crippen MR) is 89.1 cm³/mol. The Morgan fingerprint density at radius 3 is 2.91 bits per heavy atom. The number of nitrogens with one attached hydrogen (secondary N) is 1. The number of fused-ring (bicyclic) bond motifs is 1. The minimum atomic E-state index is 0.0633. The molecule has 2 aromatic heterocycles. The fraction of sp³-hybridized carbons (Fsp3) is 0.333. The van der Waals surface area contributed by atoms with Gasteiger partial charge in [-0.25, -0.2) is 0 Å². The number of nitrogens with zero attached hydrogens (tertiary/aromatic N) is 3. The highest BCUT2D eigenvalue weighted by molar-refractivity contribution is 5.93. The summed E-state index contributed by atoms with van der Waals surface area (Å²) in [6.45, 7) is 0.796. The molecule has 3 heterocycles. The SMILES string of the molecule is Cn1nccc1C(=O)N1CCCCC1c1cc2ccccc2[nH]1. The van der Waals surface area contributed by atoms with Crippen molar-refractivity contribution in [2.24, 2.45) is 7.05 Å². The van der Waals surface area contributed by atoms with Gasteiger partial charge in [-0.3, -0.25) is 9.48 Å². The number of aryl methyl sites for hydroxylation is 1. The third kappa shape index (κ3) is 2.42. The summed E-state index contributed by atoms with van der Waals surface area (Å²) in [6.07, 6.45) is 4.88. The number of benzene rings is 1. The minimum Gasteiger partial charge on any atom is -0.357 e. The van der Waals surface area contributed by atoms with E-state index >= 15 is 0 Å². The zero-order valence-electron chi connectivity index (χ0n) is 13.2. The Bertz CT molecular complexity index is 814. The summed E-state index contributed by atoms with van der Waals surface area (Å²) in [6, 6.07) is 12.3. The van der Waals surface area contributed by atoms with E-state index in [1.807, 2.05) is 24.1 Å². The van der Waals surface area contributed by atoms with Crippen LogP contribution >= 0.6 is 0 Å². The first-order valence-electron chi connectivity index (χ1n) is 8.10. The molecule has 1 aliphatic heterocycles. The van der Waals surface area contributed by atoms with Gasteiger partial charge in [0.2, 0.25) is 0 Å². The van der Waals surface area contributed by atoms with Crippen LogP contribution < -0.4 is 0 Å². The summed E-state index contributed by atoms with van der Waals surface area (Å²) in [5, 5.41) is 5.32. The summed E-state index contributed by atoms with van der Waals surface area (Å²) >= 11 is 0. The first-order valence-corrected chi connectivity index (χ1v) is 8.10. The molecule has 118 valence electrons. The number of likely N-dealkylation sites (tertiary alicyclic amines) is 1. The van der Waals surface area contributed by atoms with Crippen LogP contribution in [0.3, 0.4) is 0 Å². The molecule has 1 saturated heterocycles. The zero-order chi connectivity index (χ0) is 15.8. The van der Waals surface area contributed by atoms with E-state index in [1.54, 1.807) is 16.9 Å². The highest BCUT2D eigenvalue weighted by atomic mass is 16.2. The number of rotatable bonds is 2. The van der Waals surface area contributed by atoms with Gasteiger partial charge in [0.25, 0.3) is 5.91 Å². The van der Waals surface area contributed by atoms with E-state index < -0.39 is 0 Å². The molecule has 5 nitrogen and oxygen atoms in total. The molecule has 0 bridgehead atoms. The molecule has 5 heteroatoms. The van der Waals surface area contributed by atoms with Gasteiger partial charge in [0.1, 0.15) is 5.69 Å². The number of amides is 1. The van der Waals surface area contributed by atoms with Crippen LogP contribution in [0.5, 0.6) is 0 Å². The summed E-state index contributed by atoms with van der Waals surface area (Å²) in [5.41, 5.74) is 2.90. The van der Waals surface area contributed by atoms with Crippen molar-refractivity contribution in [3.63, 3.8) is 0 Å². The van der Waals surface area contributed by atoms with Gasteiger partial charge in [-0.2, -0.15) is 5.10 Å². The quantitative estimate of drug-likeness (QED) is 0.790. The van der Waals surface area contributed by atoms with Gasteiger partial charge < -0.3 is 9.88 Å². The average molecular weight is 308 g/mol. The largest absolute Gasteiger partial charge is 0.357 e. The molecule has 1 aliphatic rings. The van der Waals surface area contributed by atoms with E-state index in [1.165, 1.54) is 5.39 Å². The first kappa shape index (κ1) is 14.1. The van der Waals surface area contributed by atoms with Crippen LogP contribution in [0, 0.1) is 0 Å². The lowest BCUT2D eigenvalue weighted by atomic mass is 9.98. The number of hydrogen-bond acceptors (Lipinski definition) is 2. The highest BCUT2D eigenvalue weighted by Crippen LogP contribution is 2.33. The zero-order valence-corrected chi connectivity index (χ0v) is 13.2. The van der Waals surface area contributed by atoms with Crippen molar-refractivity contribution < 1.29 is 4.79 Å². The lowest BCUT2D eigenvalue weighted by Gasteiger charge is -2.35. The number of carbonyl (C=O) groups is 1. The Labute approximate surface area is 134 Å². The molecule has 1 atom stereocenters. The fourth-order valence-electron chi connectivity index (χ4n) is 3.50.